The lowest BCUT2D eigenvalue weighted by Crippen LogP contribution is -2.60. The van der Waals surface area contributed by atoms with Crippen molar-refractivity contribution in [2.45, 2.75) is 43.2 Å². The molecule has 2 aliphatic heterocycles. The smallest absolute Gasteiger partial charge is 0.475 e. The molecule has 2 N–H and O–H groups in total. The summed E-state index contributed by atoms with van der Waals surface area (Å²) < 4.78 is 71.4. The molecule has 216 valence electrons. The summed E-state index contributed by atoms with van der Waals surface area (Å²) >= 11 is 1.94. The van der Waals surface area contributed by atoms with Crippen LogP contribution in [0.5, 0.6) is 0 Å². The molecule has 1 spiro atoms. The third-order valence-electron chi connectivity index (χ3n) is 5.27. The van der Waals surface area contributed by atoms with Gasteiger partial charge in [0.2, 0.25) is 0 Å². The lowest BCUT2D eigenvalue weighted by atomic mass is 9.92. The fourth-order valence-electron chi connectivity index (χ4n) is 3.52. The number of halogens is 6. The topological polar surface area (TPSA) is 135 Å². The number of carboxylic acid groups (broad SMARTS) is 2. The van der Waals surface area contributed by atoms with Crippen LogP contribution in [0.25, 0.3) is 0 Å². The lowest BCUT2D eigenvalue weighted by Gasteiger charge is -2.47. The van der Waals surface area contributed by atoms with Crippen molar-refractivity contribution in [1.82, 2.24) is 19.7 Å². The maximum atomic E-state index is 12.4. The number of amides is 1. The molecule has 4 rings (SSSR count). The highest BCUT2D eigenvalue weighted by molar-refractivity contribution is 8.01. The van der Waals surface area contributed by atoms with Crippen LogP contribution in [0.15, 0.2) is 30.6 Å². The normalized spacial score (nSPS) is 17.8. The van der Waals surface area contributed by atoms with Crippen LogP contribution in [0.3, 0.4) is 0 Å². The highest BCUT2D eigenvalue weighted by Gasteiger charge is 2.51. The van der Waals surface area contributed by atoms with E-state index in [1.165, 1.54) is 0 Å². The molecule has 0 radical (unpaired) electrons. The van der Waals surface area contributed by atoms with E-state index in [-0.39, 0.29) is 16.8 Å². The van der Waals surface area contributed by atoms with Gasteiger partial charge in [-0.1, -0.05) is 6.07 Å². The number of hydrogen-bond acceptors (Lipinski definition) is 7. The molecule has 4 heterocycles. The number of likely N-dealkylation sites (tertiary alicyclic amines) is 1. The molecule has 2 saturated heterocycles. The Morgan fingerprint density at radius 1 is 1.10 bits per heavy atom. The average Bonchev–Trinajstić information content (AvgIpc) is 3.43. The average molecular weight is 587 g/mol. The lowest BCUT2D eigenvalue weighted by molar-refractivity contribution is -0.193. The molecule has 1 unspecified atom stereocenters. The number of hydrogen-bond donors (Lipinski definition) is 2. The summed E-state index contributed by atoms with van der Waals surface area (Å²) in [7, 11) is 1.83. The van der Waals surface area contributed by atoms with Crippen molar-refractivity contribution < 1.29 is 55.7 Å². The zero-order chi connectivity index (χ0) is 29.6. The third-order valence-corrected chi connectivity index (χ3v) is 6.85. The number of carboxylic acids is 2. The number of aromatic nitrogens is 3. The van der Waals surface area contributed by atoms with Crippen LogP contribution in [0.1, 0.15) is 28.2 Å². The van der Waals surface area contributed by atoms with Gasteiger partial charge in [0.15, 0.2) is 0 Å². The number of carbonyl (C=O) groups excluding carboxylic acids is 1. The number of pyridine rings is 1. The fraction of sp³-hybridized carbons (Fsp3) is 0.500. The number of ether oxygens (including phenoxy) is 1. The standard InChI is InChI=1S/C18H22N4O2S.2C2HF3O2/c1-13-4-3-5-15(20-13)9-24-16-6-18(25-10-16)11-22(12-18)17(23)14-7-19-21(2)8-14;2*3-2(4,5)1(6)7/h3-5,7-8,16H,6,9-12H2,1-2H3;2*(H,6,7). The molecular formula is C22H24F6N4O6S. The molecule has 10 nitrogen and oxygen atoms in total. The van der Waals surface area contributed by atoms with Gasteiger partial charge >= 0.3 is 24.3 Å². The van der Waals surface area contributed by atoms with Gasteiger partial charge in [0.25, 0.3) is 5.91 Å². The van der Waals surface area contributed by atoms with Gasteiger partial charge < -0.3 is 19.8 Å². The maximum Gasteiger partial charge on any atom is 0.490 e. The van der Waals surface area contributed by atoms with Gasteiger partial charge in [-0.25, -0.2) is 9.59 Å². The van der Waals surface area contributed by atoms with Crippen LogP contribution < -0.4 is 0 Å². The Morgan fingerprint density at radius 3 is 2.13 bits per heavy atom. The van der Waals surface area contributed by atoms with Gasteiger partial charge in [-0.05, 0) is 25.5 Å². The highest BCUT2D eigenvalue weighted by Crippen LogP contribution is 2.46. The van der Waals surface area contributed by atoms with Crippen molar-refractivity contribution in [3.05, 3.63) is 47.5 Å². The minimum Gasteiger partial charge on any atom is -0.475 e. The Kier molecular flexibility index (Phi) is 10.4. The zero-order valence-electron chi connectivity index (χ0n) is 20.5. The number of carbonyl (C=O) groups is 3. The number of alkyl halides is 6. The SMILES string of the molecule is Cc1cccc(COC2CSC3(C2)CN(C(=O)c2cnn(C)c2)C3)n1.O=C(O)C(F)(F)F.O=C(O)C(F)(F)F. The molecule has 0 saturated carbocycles. The molecule has 1 atom stereocenters. The molecule has 2 aromatic heterocycles. The van der Waals surface area contributed by atoms with E-state index in [0.717, 1.165) is 36.7 Å². The predicted octanol–water partition coefficient (Wildman–Crippen LogP) is 3.31. The first-order valence-corrected chi connectivity index (χ1v) is 12.0. The van der Waals surface area contributed by atoms with Crippen LogP contribution in [-0.4, -0.2) is 89.8 Å². The summed E-state index contributed by atoms with van der Waals surface area (Å²) in [6.45, 7) is 4.15. The van der Waals surface area contributed by atoms with Crippen molar-refractivity contribution in [1.29, 1.82) is 0 Å². The van der Waals surface area contributed by atoms with Crippen molar-refractivity contribution in [2.75, 3.05) is 18.8 Å². The van der Waals surface area contributed by atoms with Crippen LogP contribution in [0.2, 0.25) is 0 Å². The molecule has 39 heavy (non-hydrogen) atoms. The van der Waals surface area contributed by atoms with E-state index in [1.807, 2.05) is 48.8 Å². The third kappa shape index (κ3) is 9.72. The van der Waals surface area contributed by atoms with E-state index in [9.17, 15) is 31.1 Å². The van der Waals surface area contributed by atoms with Gasteiger partial charge in [0.05, 0.1) is 34.9 Å². The summed E-state index contributed by atoms with van der Waals surface area (Å²) in [5, 5.41) is 18.3. The quantitative estimate of drug-likeness (QED) is 0.518. The second-order valence-corrected chi connectivity index (χ2v) is 10.1. The van der Waals surface area contributed by atoms with Crippen molar-refractivity contribution in [3.8, 4) is 0 Å². The van der Waals surface area contributed by atoms with Gasteiger partial charge in [-0.15, -0.1) is 11.8 Å². The second-order valence-electron chi connectivity index (χ2n) is 8.57. The Bertz CT molecular complexity index is 1140. The maximum absolute atomic E-state index is 12.4. The van der Waals surface area contributed by atoms with Crippen LogP contribution in [0.4, 0.5) is 26.3 Å². The monoisotopic (exact) mass is 586 g/mol. The van der Waals surface area contributed by atoms with Crippen LogP contribution >= 0.6 is 11.8 Å². The first kappa shape index (κ1) is 31.9. The summed E-state index contributed by atoms with van der Waals surface area (Å²) in [5.41, 5.74) is 2.66. The minimum atomic E-state index is -5.08. The van der Waals surface area contributed by atoms with Crippen LogP contribution in [-0.2, 0) is 28.0 Å². The Labute approximate surface area is 221 Å². The summed E-state index contributed by atoms with van der Waals surface area (Å²) in [6.07, 6.45) is -5.52. The first-order chi connectivity index (χ1) is 17.9. The van der Waals surface area contributed by atoms with E-state index in [0.29, 0.717) is 12.2 Å². The largest absolute Gasteiger partial charge is 0.490 e. The molecule has 2 aliphatic rings. The van der Waals surface area contributed by atoms with Gasteiger partial charge in [-0.3, -0.25) is 14.5 Å². The molecular weight excluding hydrogens is 562 g/mol. The minimum absolute atomic E-state index is 0.0765. The Morgan fingerprint density at radius 2 is 1.67 bits per heavy atom. The molecule has 0 aromatic carbocycles. The molecule has 2 aromatic rings. The Balaban J connectivity index is 0.000000317. The fourth-order valence-corrected chi connectivity index (χ4v) is 5.07. The van der Waals surface area contributed by atoms with Gasteiger partial charge in [0.1, 0.15) is 0 Å². The van der Waals surface area contributed by atoms with E-state index < -0.39 is 24.3 Å². The van der Waals surface area contributed by atoms with Crippen molar-refractivity contribution in [2.24, 2.45) is 7.05 Å². The number of thioether (sulfide) groups is 1. The number of nitrogens with zero attached hydrogens (tertiary/aromatic N) is 4. The van der Waals surface area contributed by atoms with Gasteiger partial charge in [0, 0.05) is 37.8 Å². The molecule has 0 aliphatic carbocycles. The van der Waals surface area contributed by atoms with E-state index in [1.54, 1.807) is 17.1 Å². The highest BCUT2D eigenvalue weighted by atomic mass is 32.2. The summed E-state index contributed by atoms with van der Waals surface area (Å²) in [4.78, 5) is 36.6. The number of aliphatic carboxylic acids is 2. The molecule has 17 heteroatoms. The first-order valence-electron chi connectivity index (χ1n) is 11.0. The Hall–Kier alpha value is -3.34. The summed E-state index contributed by atoms with van der Waals surface area (Å²) in [5.74, 6) is -4.45. The second kappa shape index (κ2) is 12.7. The molecule has 2 fully saturated rings. The predicted molar refractivity (Wildman–Crippen MR) is 124 cm³/mol. The number of rotatable bonds is 4. The van der Waals surface area contributed by atoms with Gasteiger partial charge in [-0.2, -0.15) is 31.4 Å². The zero-order valence-corrected chi connectivity index (χ0v) is 21.3. The van der Waals surface area contributed by atoms with Crippen LogP contribution in [0, 0.1) is 6.92 Å². The van der Waals surface area contributed by atoms with E-state index >= 15 is 0 Å². The number of aryl methyl sites for hydroxylation is 2. The van der Waals surface area contributed by atoms with Crippen molar-refractivity contribution in [3.63, 3.8) is 0 Å². The summed E-state index contributed by atoms with van der Waals surface area (Å²) in [6, 6.07) is 6.01. The molecule has 0 bridgehead atoms. The van der Waals surface area contributed by atoms with Crippen molar-refractivity contribution >= 4 is 29.6 Å². The molecule has 1 amide bonds. The van der Waals surface area contributed by atoms with E-state index in [4.69, 9.17) is 24.5 Å². The van der Waals surface area contributed by atoms with E-state index in [2.05, 4.69) is 10.1 Å².